The van der Waals surface area contributed by atoms with Crippen LogP contribution in [0.5, 0.6) is 0 Å². The van der Waals surface area contributed by atoms with E-state index in [1.165, 1.54) is 11.8 Å². The highest BCUT2D eigenvalue weighted by Gasteiger charge is 2.53. The fraction of sp³-hybridized carbons (Fsp3) is 0.538. The maximum atomic E-state index is 12.4. The van der Waals surface area contributed by atoms with Crippen LogP contribution in [-0.2, 0) is 4.79 Å². The van der Waals surface area contributed by atoms with Gasteiger partial charge in [0.05, 0.1) is 0 Å². The van der Waals surface area contributed by atoms with Gasteiger partial charge in [-0.1, -0.05) is 23.8 Å². The van der Waals surface area contributed by atoms with Crippen LogP contribution in [0, 0.1) is 6.92 Å². The SMILES string of the molecule is CCSC(=O)N[C@@H]1C(=O)N2C(c3nc(C)no3)=C(C)CS[C@H]12. The molecule has 2 atom stereocenters. The molecule has 1 saturated heterocycles. The van der Waals surface area contributed by atoms with Crippen LogP contribution in [0.1, 0.15) is 25.6 Å². The number of β-lactam (4-membered cyclic amide) rings is 1. The number of hydrogen-bond donors (Lipinski definition) is 1. The predicted octanol–water partition coefficient (Wildman–Crippen LogP) is 1.86. The average molecular weight is 340 g/mol. The smallest absolute Gasteiger partial charge is 0.279 e. The Hall–Kier alpha value is -1.48. The van der Waals surface area contributed by atoms with E-state index >= 15 is 0 Å². The summed E-state index contributed by atoms with van der Waals surface area (Å²) in [7, 11) is 0. The molecule has 118 valence electrons. The Morgan fingerprint density at radius 3 is 2.95 bits per heavy atom. The van der Waals surface area contributed by atoms with Gasteiger partial charge in [-0.05, 0) is 25.2 Å². The highest BCUT2D eigenvalue weighted by molar-refractivity contribution is 8.13. The number of rotatable bonds is 3. The second kappa shape index (κ2) is 5.96. The molecule has 1 N–H and O–H groups in total. The molecular formula is C13H16N4O3S2. The van der Waals surface area contributed by atoms with Gasteiger partial charge >= 0.3 is 0 Å². The number of amides is 2. The van der Waals surface area contributed by atoms with E-state index in [1.807, 2.05) is 13.8 Å². The summed E-state index contributed by atoms with van der Waals surface area (Å²) < 4.78 is 5.22. The molecule has 0 radical (unpaired) electrons. The van der Waals surface area contributed by atoms with Crippen LogP contribution in [0.15, 0.2) is 10.1 Å². The van der Waals surface area contributed by atoms with E-state index < -0.39 is 6.04 Å². The van der Waals surface area contributed by atoms with Crippen molar-refractivity contribution in [2.24, 2.45) is 0 Å². The van der Waals surface area contributed by atoms with Gasteiger partial charge in [-0.15, -0.1) is 11.8 Å². The minimum atomic E-state index is -0.483. The third-order valence-electron chi connectivity index (χ3n) is 3.44. The van der Waals surface area contributed by atoms with Crippen LogP contribution in [0.3, 0.4) is 0 Å². The molecular weight excluding hydrogens is 324 g/mol. The van der Waals surface area contributed by atoms with Crippen LogP contribution in [0.25, 0.3) is 5.70 Å². The maximum absolute atomic E-state index is 12.4. The van der Waals surface area contributed by atoms with E-state index in [4.69, 9.17) is 4.52 Å². The summed E-state index contributed by atoms with van der Waals surface area (Å²) in [5.74, 6) is 2.20. The number of aromatic nitrogens is 2. The number of hydrogen-bond acceptors (Lipinski definition) is 7. The second-order valence-corrected chi connectivity index (χ2v) is 7.37. The molecule has 2 aliphatic heterocycles. The summed E-state index contributed by atoms with van der Waals surface area (Å²) >= 11 is 2.80. The molecule has 3 rings (SSSR count). The van der Waals surface area contributed by atoms with Crippen LogP contribution >= 0.6 is 23.5 Å². The molecule has 0 aliphatic carbocycles. The highest BCUT2D eigenvalue weighted by Crippen LogP contribution is 2.43. The van der Waals surface area contributed by atoms with E-state index in [2.05, 4.69) is 15.5 Å². The molecule has 22 heavy (non-hydrogen) atoms. The van der Waals surface area contributed by atoms with Crippen molar-refractivity contribution in [2.75, 3.05) is 11.5 Å². The predicted molar refractivity (Wildman–Crippen MR) is 85.2 cm³/mol. The lowest BCUT2D eigenvalue weighted by molar-refractivity contribution is -0.140. The Kier molecular flexibility index (Phi) is 4.18. The monoisotopic (exact) mass is 340 g/mol. The number of carbonyl (C=O) groups is 2. The van der Waals surface area contributed by atoms with Gasteiger partial charge in [0.2, 0.25) is 0 Å². The lowest BCUT2D eigenvalue weighted by Crippen LogP contribution is -2.69. The quantitative estimate of drug-likeness (QED) is 0.840. The lowest BCUT2D eigenvalue weighted by Gasteiger charge is -2.49. The van der Waals surface area contributed by atoms with E-state index in [1.54, 1.807) is 23.6 Å². The van der Waals surface area contributed by atoms with Crippen molar-refractivity contribution in [3.63, 3.8) is 0 Å². The Morgan fingerprint density at radius 2 is 2.32 bits per heavy atom. The largest absolute Gasteiger partial charge is 0.332 e. The molecule has 2 aliphatic rings. The topological polar surface area (TPSA) is 88.3 Å². The minimum Gasteiger partial charge on any atom is -0.332 e. The van der Waals surface area contributed by atoms with Gasteiger partial charge in [0.25, 0.3) is 17.0 Å². The molecule has 0 saturated carbocycles. The van der Waals surface area contributed by atoms with Gasteiger partial charge in [-0.3, -0.25) is 14.5 Å². The Balaban J connectivity index is 1.81. The summed E-state index contributed by atoms with van der Waals surface area (Å²) in [4.78, 5) is 30.0. The van der Waals surface area contributed by atoms with Crippen LogP contribution in [0.2, 0.25) is 0 Å². The molecule has 0 bridgehead atoms. The molecule has 0 spiro atoms. The number of thioether (sulfide) groups is 2. The molecule has 1 aromatic rings. The van der Waals surface area contributed by atoms with Crippen molar-refractivity contribution in [2.45, 2.75) is 32.2 Å². The van der Waals surface area contributed by atoms with Crippen molar-refractivity contribution in [1.29, 1.82) is 0 Å². The molecule has 3 heterocycles. The van der Waals surface area contributed by atoms with Gasteiger partial charge in [0, 0.05) is 5.75 Å². The third kappa shape index (κ3) is 2.52. The first-order chi connectivity index (χ1) is 10.5. The highest BCUT2D eigenvalue weighted by atomic mass is 32.2. The Labute approximate surface area is 136 Å². The molecule has 1 fully saturated rings. The zero-order chi connectivity index (χ0) is 15.9. The summed E-state index contributed by atoms with van der Waals surface area (Å²) in [5, 5.41) is 6.29. The van der Waals surface area contributed by atoms with Crippen molar-refractivity contribution < 1.29 is 14.1 Å². The molecule has 1 aromatic heterocycles. The fourth-order valence-corrected chi connectivity index (χ4v) is 4.23. The average Bonchev–Trinajstić information content (AvgIpc) is 2.91. The summed E-state index contributed by atoms with van der Waals surface area (Å²) in [6.45, 7) is 5.59. The summed E-state index contributed by atoms with van der Waals surface area (Å²) in [5.41, 5.74) is 1.70. The van der Waals surface area contributed by atoms with Crippen LogP contribution < -0.4 is 5.32 Å². The number of carbonyl (C=O) groups excluding carboxylic acids is 2. The normalized spacial score (nSPS) is 24.1. The van der Waals surface area contributed by atoms with Gasteiger partial charge in [0.15, 0.2) is 5.82 Å². The number of nitrogens with zero attached hydrogens (tertiary/aromatic N) is 3. The van der Waals surface area contributed by atoms with Crippen molar-refractivity contribution in [3.05, 3.63) is 17.3 Å². The van der Waals surface area contributed by atoms with Crippen molar-refractivity contribution in [1.82, 2.24) is 20.4 Å². The maximum Gasteiger partial charge on any atom is 0.279 e. The lowest BCUT2D eigenvalue weighted by atomic mass is 10.0. The molecule has 9 heteroatoms. The fourth-order valence-electron chi connectivity index (χ4n) is 2.47. The van der Waals surface area contributed by atoms with Crippen LogP contribution in [0.4, 0.5) is 4.79 Å². The van der Waals surface area contributed by atoms with Gasteiger partial charge in [-0.25, -0.2) is 0 Å². The first-order valence-electron chi connectivity index (χ1n) is 6.91. The Bertz CT molecular complexity index is 657. The van der Waals surface area contributed by atoms with Gasteiger partial charge in [-0.2, -0.15) is 4.98 Å². The number of fused-ring (bicyclic) bond motifs is 1. The molecule has 7 nitrogen and oxygen atoms in total. The van der Waals surface area contributed by atoms with Crippen molar-refractivity contribution >= 4 is 40.4 Å². The van der Waals surface area contributed by atoms with E-state index in [9.17, 15) is 9.59 Å². The number of aryl methyl sites for hydroxylation is 1. The van der Waals surface area contributed by atoms with E-state index in [0.717, 1.165) is 11.3 Å². The molecule has 0 aromatic carbocycles. The standard InChI is InChI=1S/C13H16N4O3S2/c1-4-21-13(19)15-8-11(18)17-9(6(2)5-22-12(8)17)10-14-7(3)16-20-10/h8,12H,4-5H2,1-3H3,(H,15,19)/t8-,12-/m1/s1. The molecule has 2 amide bonds. The van der Waals surface area contributed by atoms with Crippen molar-refractivity contribution in [3.8, 4) is 0 Å². The zero-order valence-electron chi connectivity index (χ0n) is 12.5. The number of nitrogens with one attached hydrogen (secondary N) is 1. The third-order valence-corrected chi connectivity index (χ3v) is 5.53. The molecule has 0 unspecified atom stereocenters. The van der Waals surface area contributed by atoms with Gasteiger partial charge < -0.3 is 9.84 Å². The first-order valence-corrected chi connectivity index (χ1v) is 8.94. The summed E-state index contributed by atoms with van der Waals surface area (Å²) in [6, 6.07) is -0.483. The zero-order valence-corrected chi connectivity index (χ0v) is 14.1. The van der Waals surface area contributed by atoms with E-state index in [-0.39, 0.29) is 16.5 Å². The first kappa shape index (κ1) is 15.4. The van der Waals surface area contributed by atoms with Crippen LogP contribution in [-0.4, -0.2) is 49.1 Å². The Morgan fingerprint density at radius 1 is 1.55 bits per heavy atom. The summed E-state index contributed by atoms with van der Waals surface area (Å²) in [6.07, 6.45) is 0. The minimum absolute atomic E-state index is 0.111. The van der Waals surface area contributed by atoms with E-state index in [0.29, 0.717) is 23.2 Å². The second-order valence-electron chi connectivity index (χ2n) is 5.03. The van der Waals surface area contributed by atoms with Gasteiger partial charge in [0.1, 0.15) is 17.1 Å².